The number of aryl methyl sites for hydroxylation is 2. The number of anilines is 1. The molecule has 5 nitrogen and oxygen atoms in total. The SMILES string of the molecule is CCC1(CC)CC(Nc2c(C(N)=S)c(C)nn2C)CCO1. The molecule has 118 valence electrons. The molecule has 2 heterocycles. The number of nitrogens with two attached hydrogens (primary N) is 1. The Morgan fingerprint density at radius 3 is 2.76 bits per heavy atom. The van der Waals surface area contributed by atoms with Gasteiger partial charge in [-0.25, -0.2) is 0 Å². The molecule has 2 rings (SSSR count). The first-order chi connectivity index (χ1) is 9.92. The van der Waals surface area contributed by atoms with Gasteiger partial charge >= 0.3 is 0 Å². The van der Waals surface area contributed by atoms with Crippen molar-refractivity contribution in [2.75, 3.05) is 11.9 Å². The Morgan fingerprint density at radius 1 is 1.52 bits per heavy atom. The van der Waals surface area contributed by atoms with Crippen LogP contribution in [0.4, 0.5) is 5.82 Å². The predicted octanol–water partition coefficient (Wildman–Crippen LogP) is 2.51. The van der Waals surface area contributed by atoms with Gasteiger partial charge in [0, 0.05) is 19.7 Å². The molecule has 0 aromatic carbocycles. The van der Waals surface area contributed by atoms with Gasteiger partial charge in [-0.3, -0.25) is 4.68 Å². The maximum absolute atomic E-state index is 6.03. The van der Waals surface area contributed by atoms with Crippen LogP contribution < -0.4 is 11.1 Å². The lowest BCUT2D eigenvalue weighted by Gasteiger charge is -2.40. The van der Waals surface area contributed by atoms with E-state index in [4.69, 9.17) is 22.7 Å². The third-order valence-corrected chi connectivity index (χ3v) is 4.80. The Morgan fingerprint density at radius 2 is 2.19 bits per heavy atom. The predicted molar refractivity (Wildman–Crippen MR) is 89.7 cm³/mol. The molecule has 0 saturated carbocycles. The average molecular weight is 310 g/mol. The monoisotopic (exact) mass is 310 g/mol. The van der Waals surface area contributed by atoms with Gasteiger partial charge < -0.3 is 15.8 Å². The van der Waals surface area contributed by atoms with Gasteiger partial charge in [0.15, 0.2) is 0 Å². The lowest BCUT2D eigenvalue weighted by Crippen LogP contribution is -2.44. The molecular weight excluding hydrogens is 284 g/mol. The van der Waals surface area contributed by atoms with E-state index in [2.05, 4.69) is 24.3 Å². The number of nitrogens with zero attached hydrogens (tertiary/aromatic N) is 2. The molecule has 3 N–H and O–H groups in total. The van der Waals surface area contributed by atoms with Crippen molar-refractivity contribution in [2.45, 2.75) is 58.1 Å². The lowest BCUT2D eigenvalue weighted by atomic mass is 9.86. The summed E-state index contributed by atoms with van der Waals surface area (Å²) in [7, 11) is 1.92. The van der Waals surface area contributed by atoms with E-state index in [1.165, 1.54) is 0 Å². The molecule has 1 saturated heterocycles. The van der Waals surface area contributed by atoms with E-state index >= 15 is 0 Å². The molecule has 0 amide bonds. The van der Waals surface area contributed by atoms with Crippen LogP contribution in [0.1, 0.15) is 50.8 Å². The van der Waals surface area contributed by atoms with Gasteiger partial charge in [-0.15, -0.1) is 0 Å². The summed E-state index contributed by atoms with van der Waals surface area (Å²) in [5, 5.41) is 8.03. The van der Waals surface area contributed by atoms with Crippen LogP contribution in [0.3, 0.4) is 0 Å². The molecule has 1 aliphatic rings. The van der Waals surface area contributed by atoms with Gasteiger partial charge in [0.2, 0.25) is 0 Å². The number of nitrogens with one attached hydrogen (secondary N) is 1. The first-order valence-corrected chi connectivity index (χ1v) is 8.07. The van der Waals surface area contributed by atoms with Crippen LogP contribution in [0.5, 0.6) is 0 Å². The Kier molecular flexibility index (Phi) is 4.88. The van der Waals surface area contributed by atoms with Crippen molar-refractivity contribution in [2.24, 2.45) is 12.8 Å². The molecule has 0 bridgehead atoms. The molecule has 6 heteroatoms. The van der Waals surface area contributed by atoms with Crippen LogP contribution in [-0.4, -0.2) is 33.0 Å². The number of rotatable bonds is 5. The highest BCUT2D eigenvalue weighted by Gasteiger charge is 2.35. The normalized spacial score (nSPS) is 21.2. The van der Waals surface area contributed by atoms with Crippen LogP contribution >= 0.6 is 12.2 Å². The molecule has 1 aliphatic heterocycles. The smallest absolute Gasteiger partial charge is 0.134 e. The van der Waals surface area contributed by atoms with E-state index in [9.17, 15) is 0 Å². The summed E-state index contributed by atoms with van der Waals surface area (Å²) in [6.07, 6.45) is 4.06. The summed E-state index contributed by atoms with van der Waals surface area (Å²) < 4.78 is 7.86. The third-order valence-electron chi connectivity index (χ3n) is 4.59. The fourth-order valence-electron chi connectivity index (χ4n) is 3.21. The van der Waals surface area contributed by atoms with Crippen LogP contribution in [0, 0.1) is 6.92 Å². The fourth-order valence-corrected chi connectivity index (χ4v) is 3.45. The van der Waals surface area contributed by atoms with Crippen molar-refractivity contribution in [3.05, 3.63) is 11.3 Å². The highest BCUT2D eigenvalue weighted by Crippen LogP contribution is 2.33. The second-order valence-electron chi connectivity index (χ2n) is 5.87. The highest BCUT2D eigenvalue weighted by atomic mass is 32.1. The van der Waals surface area contributed by atoms with Crippen molar-refractivity contribution >= 4 is 23.0 Å². The minimum absolute atomic E-state index is 0.00700. The van der Waals surface area contributed by atoms with E-state index < -0.39 is 0 Å². The van der Waals surface area contributed by atoms with Gasteiger partial charge in [-0.05, 0) is 32.6 Å². The summed E-state index contributed by atoms with van der Waals surface area (Å²) in [4.78, 5) is 0.396. The number of hydrogen-bond acceptors (Lipinski definition) is 4. The van der Waals surface area contributed by atoms with Gasteiger partial charge in [0.05, 0.1) is 16.9 Å². The number of hydrogen-bond donors (Lipinski definition) is 2. The Balaban J connectivity index is 2.20. The maximum Gasteiger partial charge on any atom is 0.134 e. The molecule has 1 atom stereocenters. The maximum atomic E-state index is 6.03. The molecular formula is C15H26N4OS. The van der Waals surface area contributed by atoms with Crippen molar-refractivity contribution in [3.63, 3.8) is 0 Å². The Labute approximate surface area is 132 Å². The number of aromatic nitrogens is 2. The summed E-state index contributed by atoms with van der Waals surface area (Å²) in [5.41, 5.74) is 7.58. The van der Waals surface area contributed by atoms with E-state index in [-0.39, 0.29) is 5.60 Å². The zero-order valence-electron chi connectivity index (χ0n) is 13.4. The Bertz CT molecular complexity index is 522. The molecule has 0 aliphatic carbocycles. The minimum Gasteiger partial charge on any atom is -0.389 e. The number of ether oxygens (including phenoxy) is 1. The summed E-state index contributed by atoms with van der Waals surface area (Å²) in [6.45, 7) is 7.12. The van der Waals surface area contributed by atoms with Crippen molar-refractivity contribution in [1.82, 2.24) is 9.78 Å². The van der Waals surface area contributed by atoms with E-state index in [0.29, 0.717) is 11.0 Å². The first-order valence-electron chi connectivity index (χ1n) is 7.66. The molecule has 1 fully saturated rings. The van der Waals surface area contributed by atoms with Crippen LogP contribution in [0.25, 0.3) is 0 Å². The number of thiocarbonyl (C=S) groups is 1. The summed E-state index contributed by atoms with van der Waals surface area (Å²) in [5.74, 6) is 0.924. The van der Waals surface area contributed by atoms with Crippen LogP contribution in [0.15, 0.2) is 0 Å². The largest absolute Gasteiger partial charge is 0.389 e. The lowest BCUT2D eigenvalue weighted by molar-refractivity contribution is -0.0865. The van der Waals surface area contributed by atoms with Gasteiger partial charge in [-0.1, -0.05) is 26.1 Å². The van der Waals surface area contributed by atoms with Gasteiger partial charge in [-0.2, -0.15) is 5.10 Å². The molecule has 1 aromatic heterocycles. The van der Waals surface area contributed by atoms with E-state index in [1.54, 1.807) is 0 Å². The topological polar surface area (TPSA) is 65.1 Å². The van der Waals surface area contributed by atoms with Gasteiger partial charge in [0.25, 0.3) is 0 Å². The molecule has 1 unspecified atom stereocenters. The average Bonchev–Trinajstić information content (AvgIpc) is 2.73. The second-order valence-corrected chi connectivity index (χ2v) is 6.31. The first kappa shape index (κ1) is 16.2. The molecule has 1 aromatic rings. The van der Waals surface area contributed by atoms with Crippen molar-refractivity contribution in [3.8, 4) is 0 Å². The van der Waals surface area contributed by atoms with Gasteiger partial charge in [0.1, 0.15) is 10.8 Å². The molecule has 0 spiro atoms. The fraction of sp³-hybridized carbons (Fsp3) is 0.733. The molecule has 0 radical (unpaired) electrons. The van der Waals surface area contributed by atoms with E-state index in [1.807, 2.05) is 18.7 Å². The van der Waals surface area contributed by atoms with Crippen LogP contribution in [-0.2, 0) is 11.8 Å². The zero-order chi connectivity index (χ0) is 15.6. The zero-order valence-corrected chi connectivity index (χ0v) is 14.2. The van der Waals surface area contributed by atoms with Crippen LogP contribution in [0.2, 0.25) is 0 Å². The Hall–Kier alpha value is -1.14. The van der Waals surface area contributed by atoms with Crippen molar-refractivity contribution < 1.29 is 4.74 Å². The summed E-state index contributed by atoms with van der Waals surface area (Å²) in [6, 6.07) is 0.363. The van der Waals surface area contributed by atoms with E-state index in [0.717, 1.165) is 49.4 Å². The molecule has 21 heavy (non-hydrogen) atoms. The minimum atomic E-state index is -0.00700. The van der Waals surface area contributed by atoms with Crippen molar-refractivity contribution in [1.29, 1.82) is 0 Å². The second kappa shape index (κ2) is 6.32. The summed E-state index contributed by atoms with van der Waals surface area (Å²) >= 11 is 5.17. The standard InChI is InChI=1S/C15H26N4OS/c1-5-15(6-2)9-11(7-8-20-15)17-14-12(13(16)21)10(3)18-19(14)4/h11,17H,5-9H2,1-4H3,(H2,16,21). The third kappa shape index (κ3) is 3.21. The highest BCUT2D eigenvalue weighted by molar-refractivity contribution is 7.80. The quantitative estimate of drug-likeness (QED) is 0.818.